The molecule has 0 aliphatic heterocycles. The molecule has 4 nitrogen and oxygen atoms in total. The Bertz CT molecular complexity index is 501. The van der Waals surface area contributed by atoms with E-state index in [2.05, 4.69) is 16.9 Å². The summed E-state index contributed by atoms with van der Waals surface area (Å²) in [5.74, 6) is 0. The van der Waals surface area contributed by atoms with Crippen LogP contribution in [0.4, 0.5) is 5.69 Å². The molecule has 1 aromatic carbocycles. The molecule has 0 aliphatic carbocycles. The van der Waals surface area contributed by atoms with Gasteiger partial charge in [0.05, 0.1) is 16.9 Å². The van der Waals surface area contributed by atoms with E-state index in [1.165, 1.54) is 24.7 Å². The van der Waals surface area contributed by atoms with Gasteiger partial charge in [0.1, 0.15) is 0 Å². The van der Waals surface area contributed by atoms with Gasteiger partial charge in [0.15, 0.2) is 9.84 Å². The van der Waals surface area contributed by atoms with Crippen LogP contribution >= 0.6 is 0 Å². The molecule has 0 amide bonds. The van der Waals surface area contributed by atoms with E-state index >= 15 is 0 Å². The Morgan fingerprint density at radius 1 is 1.38 bits per heavy atom. The summed E-state index contributed by atoms with van der Waals surface area (Å²) in [6.07, 6.45) is 2.69. The van der Waals surface area contributed by atoms with Crippen LogP contribution in [0.3, 0.4) is 0 Å². The molecular weight excluding hydrogens is 224 g/mol. The first-order chi connectivity index (χ1) is 7.39. The lowest BCUT2D eigenvalue weighted by Gasteiger charge is -1.99. The van der Waals surface area contributed by atoms with Gasteiger partial charge in [-0.2, -0.15) is 0 Å². The standard InChI is InChI=1S/C11H14N2O2S/c1-9(2)12-8-13-10-4-6-11(7-5-10)16(3,14)15/h4-8H,1H2,2-3H3,(H,12,13). The predicted molar refractivity (Wildman–Crippen MR) is 65.7 cm³/mol. The van der Waals surface area contributed by atoms with Crippen molar-refractivity contribution in [3.8, 4) is 0 Å². The van der Waals surface area contributed by atoms with Crippen LogP contribution in [-0.4, -0.2) is 21.0 Å². The van der Waals surface area contributed by atoms with Crippen LogP contribution in [0.25, 0.3) is 0 Å². The van der Waals surface area contributed by atoms with Crippen molar-refractivity contribution in [1.29, 1.82) is 0 Å². The maximum absolute atomic E-state index is 11.2. The van der Waals surface area contributed by atoms with E-state index in [0.29, 0.717) is 10.6 Å². The third kappa shape index (κ3) is 3.86. The molecule has 0 spiro atoms. The number of nitrogens with zero attached hydrogens (tertiary/aromatic N) is 1. The number of nitrogens with one attached hydrogen (secondary N) is 1. The molecule has 5 heteroatoms. The average Bonchev–Trinajstić information content (AvgIpc) is 2.16. The van der Waals surface area contributed by atoms with Crippen molar-refractivity contribution in [1.82, 2.24) is 5.32 Å². The minimum absolute atomic E-state index is 0.291. The average molecular weight is 238 g/mol. The summed E-state index contributed by atoms with van der Waals surface area (Å²) >= 11 is 0. The van der Waals surface area contributed by atoms with Crippen molar-refractivity contribution in [3.63, 3.8) is 0 Å². The molecule has 1 N–H and O–H groups in total. The van der Waals surface area contributed by atoms with Crippen molar-refractivity contribution in [2.45, 2.75) is 11.8 Å². The normalized spacial score (nSPS) is 11.6. The molecule has 0 bridgehead atoms. The molecule has 1 rings (SSSR count). The first-order valence-corrected chi connectivity index (χ1v) is 6.53. The summed E-state index contributed by atoms with van der Waals surface area (Å²) in [7, 11) is -3.14. The lowest BCUT2D eigenvalue weighted by Crippen LogP contribution is -2.05. The van der Waals surface area contributed by atoms with E-state index in [9.17, 15) is 8.42 Å². The van der Waals surface area contributed by atoms with Gasteiger partial charge in [-0.15, -0.1) is 0 Å². The van der Waals surface area contributed by atoms with Crippen LogP contribution in [0.2, 0.25) is 0 Å². The quantitative estimate of drug-likeness (QED) is 0.643. The summed E-state index contributed by atoms with van der Waals surface area (Å²) in [5, 5.41) is 2.83. The molecule has 16 heavy (non-hydrogen) atoms. The zero-order valence-electron chi connectivity index (χ0n) is 9.27. The van der Waals surface area contributed by atoms with E-state index in [1.807, 2.05) is 6.92 Å². The SMILES string of the molecule is C=C(C)NC=Nc1ccc(S(C)(=O)=O)cc1. The fraction of sp³-hybridized carbons (Fsp3) is 0.182. The summed E-state index contributed by atoms with van der Waals surface area (Å²) in [4.78, 5) is 4.37. The number of aliphatic imine (C=N–C) groups is 1. The van der Waals surface area contributed by atoms with Crippen LogP contribution in [0.15, 0.2) is 46.4 Å². The van der Waals surface area contributed by atoms with E-state index in [0.717, 1.165) is 5.70 Å². The lowest BCUT2D eigenvalue weighted by atomic mass is 10.3. The minimum Gasteiger partial charge on any atom is -0.351 e. The largest absolute Gasteiger partial charge is 0.351 e. The second-order valence-electron chi connectivity index (χ2n) is 3.45. The molecule has 0 atom stereocenters. The Kier molecular flexibility index (Phi) is 3.84. The first-order valence-electron chi connectivity index (χ1n) is 4.64. The van der Waals surface area contributed by atoms with Gasteiger partial charge >= 0.3 is 0 Å². The molecule has 0 aromatic heterocycles. The Labute approximate surface area is 95.6 Å². The molecule has 0 saturated heterocycles. The molecule has 1 aromatic rings. The summed E-state index contributed by atoms with van der Waals surface area (Å²) in [6, 6.07) is 6.35. The van der Waals surface area contributed by atoms with Crippen molar-refractivity contribution in [2.24, 2.45) is 4.99 Å². The van der Waals surface area contributed by atoms with Crippen molar-refractivity contribution in [3.05, 3.63) is 36.5 Å². The van der Waals surface area contributed by atoms with E-state index < -0.39 is 9.84 Å². The lowest BCUT2D eigenvalue weighted by molar-refractivity contribution is 0.602. The van der Waals surface area contributed by atoms with Crippen LogP contribution in [-0.2, 0) is 9.84 Å². The Hall–Kier alpha value is -1.62. The number of allylic oxidation sites excluding steroid dienone is 1. The monoisotopic (exact) mass is 238 g/mol. The van der Waals surface area contributed by atoms with Crippen molar-refractivity contribution >= 4 is 21.9 Å². The Morgan fingerprint density at radius 2 is 1.94 bits per heavy atom. The molecule has 86 valence electrons. The van der Waals surface area contributed by atoms with Crippen molar-refractivity contribution < 1.29 is 8.42 Å². The molecule has 0 fully saturated rings. The maximum atomic E-state index is 11.2. The van der Waals surface area contributed by atoms with Gasteiger partial charge in [0.2, 0.25) is 0 Å². The van der Waals surface area contributed by atoms with Crippen LogP contribution in [0.1, 0.15) is 6.92 Å². The number of benzene rings is 1. The van der Waals surface area contributed by atoms with E-state index in [1.54, 1.807) is 12.1 Å². The second kappa shape index (κ2) is 4.94. The minimum atomic E-state index is -3.14. The number of hydrogen-bond donors (Lipinski definition) is 1. The van der Waals surface area contributed by atoms with Gasteiger partial charge in [-0.25, -0.2) is 13.4 Å². The first kappa shape index (κ1) is 12.4. The van der Waals surface area contributed by atoms with Crippen LogP contribution in [0.5, 0.6) is 0 Å². The van der Waals surface area contributed by atoms with Crippen LogP contribution < -0.4 is 5.32 Å². The van der Waals surface area contributed by atoms with Gasteiger partial charge in [-0.3, -0.25) is 0 Å². The Balaban J connectivity index is 2.80. The molecular formula is C11H14N2O2S. The van der Waals surface area contributed by atoms with Gasteiger partial charge in [0, 0.05) is 12.0 Å². The molecule has 0 heterocycles. The molecule has 0 aliphatic rings. The zero-order chi connectivity index (χ0) is 12.2. The summed E-state index contributed by atoms with van der Waals surface area (Å²) < 4.78 is 22.4. The Morgan fingerprint density at radius 3 is 2.38 bits per heavy atom. The van der Waals surface area contributed by atoms with E-state index in [4.69, 9.17) is 0 Å². The molecule has 0 unspecified atom stereocenters. The summed E-state index contributed by atoms with van der Waals surface area (Å²) in [5.41, 5.74) is 1.47. The van der Waals surface area contributed by atoms with Gasteiger partial charge < -0.3 is 5.32 Å². The highest BCUT2D eigenvalue weighted by atomic mass is 32.2. The van der Waals surface area contributed by atoms with Crippen LogP contribution in [0, 0.1) is 0 Å². The fourth-order valence-electron chi connectivity index (χ4n) is 0.996. The number of rotatable bonds is 4. The number of sulfone groups is 1. The van der Waals surface area contributed by atoms with Gasteiger partial charge in [-0.1, -0.05) is 6.58 Å². The molecule has 0 saturated carbocycles. The summed E-state index contributed by atoms with van der Waals surface area (Å²) in [6.45, 7) is 5.47. The zero-order valence-corrected chi connectivity index (χ0v) is 10.1. The fourth-order valence-corrected chi connectivity index (χ4v) is 1.63. The predicted octanol–water partition coefficient (Wildman–Crippen LogP) is 1.87. The highest BCUT2D eigenvalue weighted by Gasteiger charge is 2.05. The highest BCUT2D eigenvalue weighted by Crippen LogP contribution is 2.15. The van der Waals surface area contributed by atoms with Gasteiger partial charge in [-0.05, 0) is 31.2 Å². The highest BCUT2D eigenvalue weighted by molar-refractivity contribution is 7.90. The third-order valence-electron chi connectivity index (χ3n) is 1.79. The topological polar surface area (TPSA) is 58.5 Å². The van der Waals surface area contributed by atoms with E-state index in [-0.39, 0.29) is 0 Å². The molecule has 0 radical (unpaired) electrons. The van der Waals surface area contributed by atoms with Gasteiger partial charge in [0.25, 0.3) is 0 Å². The number of hydrogen-bond acceptors (Lipinski definition) is 3. The third-order valence-corrected chi connectivity index (χ3v) is 2.92. The smallest absolute Gasteiger partial charge is 0.175 e. The van der Waals surface area contributed by atoms with Crippen molar-refractivity contribution in [2.75, 3.05) is 6.26 Å². The maximum Gasteiger partial charge on any atom is 0.175 e. The second-order valence-corrected chi connectivity index (χ2v) is 5.46.